The van der Waals surface area contributed by atoms with E-state index in [1.54, 1.807) is 13.4 Å². The summed E-state index contributed by atoms with van der Waals surface area (Å²) in [7, 11) is 1.66. The molecule has 0 aromatic heterocycles. The Morgan fingerprint density at radius 1 is 1.21 bits per heavy atom. The third kappa shape index (κ3) is 3.62. The van der Waals surface area contributed by atoms with Gasteiger partial charge >= 0.3 is 0 Å². The second kappa shape index (κ2) is 6.22. The highest BCUT2D eigenvalue weighted by Gasteiger charge is 1.93. The lowest BCUT2D eigenvalue weighted by Crippen LogP contribution is -1.97. The van der Waals surface area contributed by atoms with Crippen LogP contribution in [0.4, 0.5) is 0 Å². The number of methoxy groups -OCH3 is 1. The smallest absolute Gasteiger partial charge is 0.111 e. The molecule has 14 heavy (non-hydrogen) atoms. The molecule has 0 aliphatic heterocycles. The maximum Gasteiger partial charge on any atom is 0.111 e. The van der Waals surface area contributed by atoms with Crippen molar-refractivity contribution in [2.45, 2.75) is 6.92 Å². The van der Waals surface area contributed by atoms with Gasteiger partial charge in [0.25, 0.3) is 0 Å². The fraction of sp³-hybridized carbons (Fsp3) is 0.333. The minimum absolute atomic E-state index is 0.598. The topological polar surface area (TPSA) is 18.5 Å². The van der Waals surface area contributed by atoms with Crippen LogP contribution in [-0.2, 0) is 9.47 Å². The zero-order chi connectivity index (χ0) is 10.2. The molecule has 2 heteroatoms. The van der Waals surface area contributed by atoms with Crippen LogP contribution in [0.25, 0.3) is 5.57 Å². The summed E-state index contributed by atoms with van der Waals surface area (Å²) < 4.78 is 10.2. The summed E-state index contributed by atoms with van der Waals surface area (Å²) in [6, 6.07) is 10.2. The molecule has 0 saturated carbocycles. The molecule has 0 amide bonds. The van der Waals surface area contributed by atoms with Crippen LogP contribution in [0.3, 0.4) is 0 Å². The average Bonchev–Trinajstić information content (AvgIpc) is 2.25. The number of ether oxygens (including phenoxy) is 2. The van der Waals surface area contributed by atoms with Crippen LogP contribution in [0.1, 0.15) is 12.5 Å². The number of benzene rings is 1. The standard InChI is InChI=1S/C12H16O2/c1-11(10-14-9-8-13-2)12-6-4-3-5-7-12/h3-7,10H,8-9H2,1-2H3. The Morgan fingerprint density at radius 3 is 2.57 bits per heavy atom. The molecule has 76 valence electrons. The largest absolute Gasteiger partial charge is 0.498 e. The molecule has 0 saturated heterocycles. The SMILES string of the molecule is COCCOC=C(C)c1ccccc1. The molecule has 0 bridgehead atoms. The summed E-state index contributed by atoms with van der Waals surface area (Å²) in [5.41, 5.74) is 2.31. The van der Waals surface area contributed by atoms with Crippen molar-refractivity contribution in [1.29, 1.82) is 0 Å². The van der Waals surface area contributed by atoms with Crippen molar-refractivity contribution in [3.8, 4) is 0 Å². The third-order valence-corrected chi connectivity index (χ3v) is 1.89. The second-order valence-corrected chi connectivity index (χ2v) is 3.03. The van der Waals surface area contributed by atoms with Gasteiger partial charge in [0.15, 0.2) is 0 Å². The van der Waals surface area contributed by atoms with Crippen LogP contribution in [0, 0.1) is 0 Å². The van der Waals surface area contributed by atoms with Crippen molar-refractivity contribution < 1.29 is 9.47 Å². The Bertz CT molecular complexity index is 278. The Labute approximate surface area is 85.2 Å². The third-order valence-electron chi connectivity index (χ3n) is 1.89. The molecule has 1 rings (SSSR count). The highest BCUT2D eigenvalue weighted by Crippen LogP contribution is 2.12. The normalized spacial score (nSPS) is 11.4. The van der Waals surface area contributed by atoms with Crippen LogP contribution in [0.5, 0.6) is 0 Å². The first kappa shape index (κ1) is 10.8. The van der Waals surface area contributed by atoms with Crippen molar-refractivity contribution >= 4 is 5.57 Å². The summed E-state index contributed by atoms with van der Waals surface area (Å²) >= 11 is 0. The molecular weight excluding hydrogens is 176 g/mol. The molecular formula is C12H16O2. The van der Waals surface area contributed by atoms with E-state index in [2.05, 4.69) is 12.1 Å². The Morgan fingerprint density at radius 2 is 1.93 bits per heavy atom. The highest BCUT2D eigenvalue weighted by molar-refractivity contribution is 5.62. The summed E-state index contributed by atoms with van der Waals surface area (Å²) in [4.78, 5) is 0. The molecule has 0 atom stereocenters. The predicted octanol–water partition coefficient (Wildman–Crippen LogP) is 2.71. The molecule has 0 unspecified atom stereocenters. The molecule has 0 spiro atoms. The van der Waals surface area contributed by atoms with Crippen LogP contribution in [-0.4, -0.2) is 20.3 Å². The predicted molar refractivity (Wildman–Crippen MR) is 57.9 cm³/mol. The molecule has 0 heterocycles. The molecule has 0 fully saturated rings. The van der Waals surface area contributed by atoms with Crippen molar-refractivity contribution in [3.05, 3.63) is 42.2 Å². The van der Waals surface area contributed by atoms with Crippen LogP contribution >= 0.6 is 0 Å². The molecule has 1 aromatic carbocycles. The van der Waals surface area contributed by atoms with Crippen molar-refractivity contribution in [2.24, 2.45) is 0 Å². The van der Waals surface area contributed by atoms with Gasteiger partial charge in [-0.05, 0) is 18.1 Å². The van der Waals surface area contributed by atoms with Crippen molar-refractivity contribution in [1.82, 2.24) is 0 Å². The van der Waals surface area contributed by atoms with E-state index in [-0.39, 0.29) is 0 Å². The molecule has 0 aliphatic carbocycles. The Hall–Kier alpha value is -1.28. The molecule has 0 radical (unpaired) electrons. The summed E-state index contributed by atoms with van der Waals surface area (Å²) in [5.74, 6) is 0. The van der Waals surface area contributed by atoms with E-state index in [4.69, 9.17) is 9.47 Å². The van der Waals surface area contributed by atoms with Gasteiger partial charge in [0, 0.05) is 7.11 Å². The lowest BCUT2D eigenvalue weighted by molar-refractivity contribution is 0.124. The van der Waals surface area contributed by atoms with Gasteiger partial charge in [-0.1, -0.05) is 30.3 Å². The van der Waals surface area contributed by atoms with Crippen LogP contribution < -0.4 is 0 Å². The first-order valence-corrected chi connectivity index (χ1v) is 4.67. The minimum Gasteiger partial charge on any atom is -0.498 e. The number of hydrogen-bond acceptors (Lipinski definition) is 2. The fourth-order valence-corrected chi connectivity index (χ4v) is 1.08. The monoisotopic (exact) mass is 192 g/mol. The Kier molecular flexibility index (Phi) is 4.79. The molecule has 1 aromatic rings. The van der Waals surface area contributed by atoms with E-state index in [0.717, 1.165) is 5.57 Å². The van der Waals surface area contributed by atoms with E-state index < -0.39 is 0 Å². The number of rotatable bonds is 5. The minimum atomic E-state index is 0.598. The average molecular weight is 192 g/mol. The summed E-state index contributed by atoms with van der Waals surface area (Å²) in [6.45, 7) is 3.25. The molecule has 0 N–H and O–H groups in total. The first-order chi connectivity index (χ1) is 6.84. The zero-order valence-electron chi connectivity index (χ0n) is 8.69. The second-order valence-electron chi connectivity index (χ2n) is 3.03. The highest BCUT2D eigenvalue weighted by atomic mass is 16.5. The van der Waals surface area contributed by atoms with Gasteiger partial charge in [-0.25, -0.2) is 0 Å². The van der Waals surface area contributed by atoms with E-state index in [1.807, 2.05) is 25.1 Å². The number of allylic oxidation sites excluding steroid dienone is 1. The van der Waals surface area contributed by atoms with Gasteiger partial charge in [0.1, 0.15) is 6.61 Å². The quantitative estimate of drug-likeness (QED) is 0.527. The summed E-state index contributed by atoms with van der Waals surface area (Å²) in [5, 5.41) is 0. The lowest BCUT2D eigenvalue weighted by Gasteiger charge is -2.03. The molecule has 2 nitrogen and oxygen atoms in total. The lowest BCUT2D eigenvalue weighted by atomic mass is 10.1. The van der Waals surface area contributed by atoms with Gasteiger partial charge in [-0.15, -0.1) is 0 Å². The maximum atomic E-state index is 5.30. The summed E-state index contributed by atoms with van der Waals surface area (Å²) in [6.07, 6.45) is 1.77. The van der Waals surface area contributed by atoms with E-state index >= 15 is 0 Å². The van der Waals surface area contributed by atoms with Crippen LogP contribution in [0.2, 0.25) is 0 Å². The Balaban J connectivity index is 2.44. The molecule has 0 aliphatic rings. The van der Waals surface area contributed by atoms with Gasteiger partial charge in [-0.3, -0.25) is 0 Å². The van der Waals surface area contributed by atoms with E-state index in [9.17, 15) is 0 Å². The van der Waals surface area contributed by atoms with Gasteiger partial charge in [0.05, 0.1) is 12.9 Å². The van der Waals surface area contributed by atoms with E-state index in [0.29, 0.717) is 13.2 Å². The van der Waals surface area contributed by atoms with Gasteiger partial charge < -0.3 is 9.47 Å². The zero-order valence-corrected chi connectivity index (χ0v) is 8.69. The fourth-order valence-electron chi connectivity index (χ4n) is 1.08. The van der Waals surface area contributed by atoms with Crippen molar-refractivity contribution in [2.75, 3.05) is 20.3 Å². The number of hydrogen-bond donors (Lipinski definition) is 0. The first-order valence-electron chi connectivity index (χ1n) is 4.67. The van der Waals surface area contributed by atoms with Crippen LogP contribution in [0.15, 0.2) is 36.6 Å². The van der Waals surface area contributed by atoms with Gasteiger partial charge in [-0.2, -0.15) is 0 Å². The van der Waals surface area contributed by atoms with E-state index in [1.165, 1.54) is 5.56 Å². The van der Waals surface area contributed by atoms with Gasteiger partial charge in [0.2, 0.25) is 0 Å². The maximum absolute atomic E-state index is 5.30. The van der Waals surface area contributed by atoms with Crippen molar-refractivity contribution in [3.63, 3.8) is 0 Å².